The van der Waals surface area contributed by atoms with Crippen LogP contribution in [0.25, 0.3) is 0 Å². The number of hydrogen-bond acceptors (Lipinski definition) is 4. The van der Waals surface area contributed by atoms with E-state index in [9.17, 15) is 17.2 Å². The quantitative estimate of drug-likeness (QED) is 0.596. The number of phenols is 1. The van der Waals surface area contributed by atoms with Crippen molar-refractivity contribution in [2.75, 3.05) is 5.32 Å². The maximum atomic E-state index is 13.5. The predicted octanol–water partition coefficient (Wildman–Crippen LogP) is 4.77. The zero-order valence-corrected chi connectivity index (χ0v) is 15.4. The Morgan fingerprint density at radius 1 is 0.963 bits per heavy atom. The van der Waals surface area contributed by atoms with Crippen LogP contribution in [0.5, 0.6) is 5.75 Å². The summed E-state index contributed by atoms with van der Waals surface area (Å²) in [6, 6.07) is 13.9. The first-order chi connectivity index (χ1) is 12.8. The smallest absolute Gasteiger partial charge is 0.206 e. The Balaban J connectivity index is 1.91. The second-order valence-corrected chi connectivity index (χ2v) is 8.06. The summed E-state index contributed by atoms with van der Waals surface area (Å²) in [6.07, 6.45) is 0. The van der Waals surface area contributed by atoms with Crippen molar-refractivity contribution in [2.45, 2.75) is 16.3 Å². The monoisotopic (exact) mass is 409 g/mol. The lowest BCUT2D eigenvalue weighted by atomic mass is 10.2. The van der Waals surface area contributed by atoms with Gasteiger partial charge in [0.1, 0.15) is 0 Å². The Morgan fingerprint density at radius 2 is 1.56 bits per heavy atom. The molecule has 0 amide bonds. The number of rotatable bonds is 5. The zero-order valence-electron chi connectivity index (χ0n) is 13.8. The molecule has 0 heterocycles. The van der Waals surface area contributed by atoms with Crippen LogP contribution in [0.15, 0.2) is 70.5 Å². The molecule has 27 heavy (non-hydrogen) atoms. The minimum absolute atomic E-state index is 0.00660. The van der Waals surface area contributed by atoms with Gasteiger partial charge in [-0.25, -0.2) is 17.2 Å². The van der Waals surface area contributed by atoms with Crippen molar-refractivity contribution in [1.29, 1.82) is 0 Å². The number of halogens is 3. The van der Waals surface area contributed by atoms with Crippen LogP contribution in [-0.4, -0.2) is 13.5 Å². The van der Waals surface area contributed by atoms with Crippen molar-refractivity contribution in [3.05, 3.63) is 82.9 Å². The molecule has 3 rings (SSSR count). The maximum Gasteiger partial charge on any atom is 0.206 e. The largest absolute Gasteiger partial charge is 0.503 e. The fourth-order valence-electron chi connectivity index (χ4n) is 2.52. The molecule has 8 heteroatoms. The van der Waals surface area contributed by atoms with Gasteiger partial charge in [-0.15, -0.1) is 0 Å². The van der Waals surface area contributed by atoms with Gasteiger partial charge in [-0.1, -0.05) is 29.8 Å². The SMILES string of the molecule is O=S(=O)(c1ccc(Cl)cc1)c1ccccc1CNc1cc(F)c(O)c(F)c1. The average Bonchev–Trinajstić information content (AvgIpc) is 2.65. The summed E-state index contributed by atoms with van der Waals surface area (Å²) in [4.78, 5) is 0.153. The van der Waals surface area contributed by atoms with E-state index < -0.39 is 27.2 Å². The van der Waals surface area contributed by atoms with E-state index in [-0.39, 0.29) is 22.0 Å². The van der Waals surface area contributed by atoms with Gasteiger partial charge < -0.3 is 10.4 Å². The summed E-state index contributed by atoms with van der Waals surface area (Å²) in [5.41, 5.74) is 0.489. The topological polar surface area (TPSA) is 66.4 Å². The first-order valence-electron chi connectivity index (χ1n) is 7.79. The molecule has 0 atom stereocenters. The number of anilines is 1. The van der Waals surface area contributed by atoms with E-state index in [1.165, 1.54) is 30.3 Å². The Bertz CT molecular complexity index is 1060. The standard InChI is InChI=1S/C19H14ClF2NO3S/c20-13-5-7-15(8-6-13)27(25,26)18-4-2-1-3-12(18)11-23-14-9-16(21)19(24)17(22)10-14/h1-10,23-24H,11H2. The van der Waals surface area contributed by atoms with Gasteiger partial charge in [-0.3, -0.25) is 0 Å². The van der Waals surface area contributed by atoms with Gasteiger partial charge >= 0.3 is 0 Å². The second-order valence-electron chi connectivity index (χ2n) is 5.71. The summed E-state index contributed by atoms with van der Waals surface area (Å²) >= 11 is 5.81. The van der Waals surface area contributed by atoms with E-state index in [0.717, 1.165) is 12.1 Å². The molecule has 3 aromatic carbocycles. The summed E-state index contributed by atoms with van der Waals surface area (Å²) < 4.78 is 52.7. The molecular weight excluding hydrogens is 396 g/mol. The molecule has 140 valence electrons. The fraction of sp³-hybridized carbons (Fsp3) is 0.0526. The van der Waals surface area contributed by atoms with E-state index >= 15 is 0 Å². The summed E-state index contributed by atoms with van der Waals surface area (Å²) in [5, 5.41) is 12.3. The first-order valence-corrected chi connectivity index (χ1v) is 9.65. The van der Waals surface area contributed by atoms with Crippen molar-refractivity contribution >= 4 is 27.1 Å². The molecule has 0 aliphatic heterocycles. The molecule has 0 aliphatic rings. The van der Waals surface area contributed by atoms with Crippen molar-refractivity contribution < 1.29 is 22.3 Å². The molecule has 3 aromatic rings. The van der Waals surface area contributed by atoms with Gasteiger partial charge in [0.25, 0.3) is 0 Å². The number of sulfone groups is 1. The Kier molecular flexibility index (Phi) is 5.34. The van der Waals surface area contributed by atoms with Gasteiger partial charge in [-0.05, 0) is 35.9 Å². The van der Waals surface area contributed by atoms with Crippen molar-refractivity contribution in [2.24, 2.45) is 0 Å². The fourth-order valence-corrected chi connectivity index (χ4v) is 4.14. The van der Waals surface area contributed by atoms with Crippen molar-refractivity contribution in [1.82, 2.24) is 0 Å². The second kappa shape index (κ2) is 7.54. The predicted molar refractivity (Wildman–Crippen MR) is 98.7 cm³/mol. The molecule has 0 aliphatic carbocycles. The van der Waals surface area contributed by atoms with E-state index in [4.69, 9.17) is 16.7 Å². The third kappa shape index (κ3) is 4.04. The number of nitrogens with one attached hydrogen (secondary N) is 1. The van der Waals surface area contributed by atoms with E-state index in [0.29, 0.717) is 10.6 Å². The molecule has 0 saturated heterocycles. The van der Waals surface area contributed by atoms with Gasteiger partial charge in [0.2, 0.25) is 9.84 Å². The molecule has 0 unspecified atom stereocenters. The highest BCUT2D eigenvalue weighted by molar-refractivity contribution is 7.91. The lowest BCUT2D eigenvalue weighted by Gasteiger charge is -2.13. The Hall–Kier alpha value is -2.64. The number of benzene rings is 3. The Labute approximate surface area is 160 Å². The maximum absolute atomic E-state index is 13.5. The summed E-state index contributed by atoms with van der Waals surface area (Å²) in [7, 11) is -3.80. The van der Waals surface area contributed by atoms with Gasteiger partial charge in [0.05, 0.1) is 9.79 Å². The van der Waals surface area contributed by atoms with E-state index in [1.54, 1.807) is 18.2 Å². The molecule has 0 fully saturated rings. The minimum Gasteiger partial charge on any atom is -0.503 e. The van der Waals surface area contributed by atoms with Gasteiger partial charge in [0, 0.05) is 29.4 Å². The van der Waals surface area contributed by atoms with Crippen LogP contribution in [0, 0.1) is 11.6 Å². The van der Waals surface area contributed by atoms with Crippen LogP contribution in [0.4, 0.5) is 14.5 Å². The Morgan fingerprint density at radius 3 is 2.19 bits per heavy atom. The highest BCUT2D eigenvalue weighted by Crippen LogP contribution is 2.27. The number of phenolic OH excluding ortho intramolecular Hbond substituents is 1. The molecule has 0 bridgehead atoms. The van der Waals surface area contributed by atoms with E-state index in [1.807, 2.05) is 0 Å². The third-order valence-corrected chi connectivity index (χ3v) is 6.01. The molecule has 0 aromatic heterocycles. The van der Waals surface area contributed by atoms with Crippen molar-refractivity contribution in [3.8, 4) is 5.75 Å². The van der Waals surface area contributed by atoms with Crippen LogP contribution < -0.4 is 5.32 Å². The zero-order chi connectivity index (χ0) is 19.6. The van der Waals surface area contributed by atoms with Crippen LogP contribution in [0.2, 0.25) is 5.02 Å². The minimum atomic E-state index is -3.80. The van der Waals surface area contributed by atoms with Gasteiger partial charge in [-0.2, -0.15) is 0 Å². The van der Waals surface area contributed by atoms with Gasteiger partial charge in [0.15, 0.2) is 17.4 Å². The molecule has 0 saturated carbocycles. The third-order valence-electron chi connectivity index (χ3n) is 3.89. The molecule has 2 N–H and O–H groups in total. The van der Waals surface area contributed by atoms with Crippen LogP contribution >= 0.6 is 11.6 Å². The number of hydrogen-bond donors (Lipinski definition) is 2. The van der Waals surface area contributed by atoms with Crippen molar-refractivity contribution in [3.63, 3.8) is 0 Å². The van der Waals surface area contributed by atoms with E-state index in [2.05, 4.69) is 5.32 Å². The van der Waals surface area contributed by atoms with Crippen LogP contribution in [0.1, 0.15) is 5.56 Å². The average molecular weight is 410 g/mol. The molecule has 0 radical (unpaired) electrons. The van der Waals surface area contributed by atoms with Crippen LogP contribution in [0.3, 0.4) is 0 Å². The molecular formula is C19H14ClF2NO3S. The molecule has 0 spiro atoms. The summed E-state index contributed by atoms with van der Waals surface area (Å²) in [5.74, 6) is -3.29. The number of aromatic hydroxyl groups is 1. The first kappa shape index (κ1) is 19.1. The normalized spacial score (nSPS) is 11.4. The highest BCUT2D eigenvalue weighted by Gasteiger charge is 2.21. The molecule has 4 nitrogen and oxygen atoms in total. The lowest BCUT2D eigenvalue weighted by Crippen LogP contribution is -2.09. The lowest BCUT2D eigenvalue weighted by molar-refractivity contribution is 0.396. The summed E-state index contributed by atoms with van der Waals surface area (Å²) in [6.45, 7) is 0.00660. The van der Waals surface area contributed by atoms with Crippen LogP contribution in [-0.2, 0) is 16.4 Å². The highest BCUT2D eigenvalue weighted by atomic mass is 35.5.